The molecule has 0 bridgehead atoms. The van der Waals surface area contributed by atoms with Gasteiger partial charge in [0.1, 0.15) is 11.6 Å². The molecule has 2 aromatic carbocycles. The van der Waals surface area contributed by atoms with Crippen molar-refractivity contribution in [1.29, 1.82) is 0 Å². The van der Waals surface area contributed by atoms with Gasteiger partial charge in [0.05, 0.1) is 6.21 Å². The smallest absolute Gasteiger partial charge is 0.280 e. The Hall–Kier alpha value is -2.40. The number of carbonyl (C=O) groups is 1. The maximum atomic E-state index is 12.8. The lowest BCUT2D eigenvalue weighted by Crippen LogP contribution is -2.33. The Bertz CT molecular complexity index is 717. The molecule has 4 nitrogen and oxygen atoms in total. The summed E-state index contributed by atoms with van der Waals surface area (Å²) in [6, 6.07) is 10.9. The van der Waals surface area contributed by atoms with Crippen molar-refractivity contribution in [2.45, 2.75) is 20.0 Å². The van der Waals surface area contributed by atoms with E-state index in [-0.39, 0.29) is 5.82 Å². The van der Waals surface area contributed by atoms with Gasteiger partial charge >= 0.3 is 0 Å². The second kappa shape index (κ2) is 7.74. The molecule has 0 aromatic heterocycles. The van der Waals surface area contributed by atoms with Crippen LogP contribution in [0.3, 0.4) is 0 Å². The third kappa shape index (κ3) is 5.07. The maximum absolute atomic E-state index is 12.8. The molecule has 0 aliphatic rings. The van der Waals surface area contributed by atoms with E-state index in [1.807, 2.05) is 6.92 Å². The van der Waals surface area contributed by atoms with Gasteiger partial charge in [0.15, 0.2) is 6.10 Å². The summed E-state index contributed by atoms with van der Waals surface area (Å²) in [5.74, 6) is -0.135. The number of nitrogens with zero attached hydrogens (tertiary/aromatic N) is 1. The number of carbonyl (C=O) groups excluding carboxylic acids is 1. The monoisotopic (exact) mass is 334 g/mol. The minimum absolute atomic E-state index is 0.327. The number of amides is 1. The molecular formula is C17H16ClFN2O2. The zero-order valence-corrected chi connectivity index (χ0v) is 13.5. The van der Waals surface area contributed by atoms with E-state index < -0.39 is 12.0 Å². The van der Waals surface area contributed by atoms with Gasteiger partial charge < -0.3 is 4.74 Å². The molecule has 0 radical (unpaired) electrons. The third-order valence-corrected chi connectivity index (χ3v) is 3.30. The highest BCUT2D eigenvalue weighted by molar-refractivity contribution is 6.30. The number of ether oxygens (including phenoxy) is 1. The minimum atomic E-state index is -0.722. The summed E-state index contributed by atoms with van der Waals surface area (Å²) in [5, 5.41) is 4.43. The summed E-state index contributed by atoms with van der Waals surface area (Å²) in [5.41, 5.74) is 3.90. The molecule has 1 amide bonds. The summed E-state index contributed by atoms with van der Waals surface area (Å²) >= 11 is 5.88. The van der Waals surface area contributed by atoms with Crippen LogP contribution < -0.4 is 10.2 Å². The summed E-state index contributed by atoms with van der Waals surface area (Å²) in [4.78, 5) is 11.9. The molecule has 0 saturated heterocycles. The largest absolute Gasteiger partial charge is 0.481 e. The highest BCUT2D eigenvalue weighted by atomic mass is 35.5. The quantitative estimate of drug-likeness (QED) is 0.669. The first-order valence-electron chi connectivity index (χ1n) is 6.97. The van der Waals surface area contributed by atoms with Crippen molar-refractivity contribution >= 4 is 23.7 Å². The highest BCUT2D eigenvalue weighted by Crippen LogP contribution is 2.22. The average Bonchev–Trinajstić information content (AvgIpc) is 2.51. The van der Waals surface area contributed by atoms with Gasteiger partial charge in [-0.05, 0) is 55.3 Å². The van der Waals surface area contributed by atoms with E-state index in [1.54, 1.807) is 37.3 Å². The molecule has 0 aliphatic heterocycles. The van der Waals surface area contributed by atoms with Crippen LogP contribution in [0, 0.1) is 12.7 Å². The molecule has 1 atom stereocenters. The van der Waals surface area contributed by atoms with E-state index in [2.05, 4.69) is 10.5 Å². The number of nitrogens with one attached hydrogen (secondary N) is 1. The van der Waals surface area contributed by atoms with Crippen molar-refractivity contribution in [3.63, 3.8) is 0 Å². The number of aryl methyl sites for hydroxylation is 1. The molecular weight excluding hydrogens is 319 g/mol. The fraction of sp³-hybridized carbons (Fsp3) is 0.176. The molecule has 0 unspecified atom stereocenters. The Kier molecular flexibility index (Phi) is 5.71. The van der Waals surface area contributed by atoms with E-state index in [4.69, 9.17) is 16.3 Å². The summed E-state index contributed by atoms with van der Waals surface area (Å²) in [7, 11) is 0. The topological polar surface area (TPSA) is 50.7 Å². The van der Waals surface area contributed by atoms with Gasteiger partial charge in [-0.25, -0.2) is 9.82 Å². The molecule has 6 heteroatoms. The number of benzene rings is 2. The zero-order chi connectivity index (χ0) is 16.8. The maximum Gasteiger partial charge on any atom is 0.280 e. The molecule has 120 valence electrons. The Morgan fingerprint density at radius 2 is 2.00 bits per heavy atom. The van der Waals surface area contributed by atoms with Crippen molar-refractivity contribution in [2.24, 2.45) is 5.10 Å². The Morgan fingerprint density at radius 3 is 2.65 bits per heavy atom. The first kappa shape index (κ1) is 17.0. The van der Waals surface area contributed by atoms with Gasteiger partial charge in [0, 0.05) is 5.02 Å². The Labute approximate surface area is 138 Å². The van der Waals surface area contributed by atoms with Crippen LogP contribution in [0.1, 0.15) is 18.1 Å². The normalized spacial score (nSPS) is 12.2. The Morgan fingerprint density at radius 1 is 1.30 bits per heavy atom. The van der Waals surface area contributed by atoms with Crippen molar-refractivity contribution in [2.75, 3.05) is 0 Å². The van der Waals surface area contributed by atoms with Gasteiger partial charge in [-0.1, -0.05) is 23.7 Å². The molecule has 0 spiro atoms. The molecule has 0 fully saturated rings. The van der Waals surface area contributed by atoms with E-state index in [0.717, 1.165) is 5.56 Å². The van der Waals surface area contributed by atoms with Crippen LogP contribution in [0.2, 0.25) is 5.02 Å². The number of hydrazone groups is 1. The van der Waals surface area contributed by atoms with Crippen LogP contribution >= 0.6 is 11.6 Å². The van der Waals surface area contributed by atoms with E-state index in [0.29, 0.717) is 16.3 Å². The number of halogens is 2. The zero-order valence-electron chi connectivity index (χ0n) is 12.7. The van der Waals surface area contributed by atoms with Crippen LogP contribution in [-0.4, -0.2) is 18.2 Å². The lowest BCUT2D eigenvalue weighted by molar-refractivity contribution is -0.127. The van der Waals surface area contributed by atoms with Crippen LogP contribution in [0.25, 0.3) is 0 Å². The van der Waals surface area contributed by atoms with E-state index >= 15 is 0 Å². The standard InChI is InChI=1S/C17H16ClFN2O2/c1-11-9-14(18)5-8-16(11)23-12(2)17(22)21-20-10-13-3-6-15(19)7-4-13/h3-10,12H,1-2H3,(H,21,22)/t12-/m1/s1. The molecule has 1 N–H and O–H groups in total. The van der Waals surface area contributed by atoms with Crippen LogP contribution in [-0.2, 0) is 4.79 Å². The van der Waals surface area contributed by atoms with Gasteiger partial charge in [-0.3, -0.25) is 4.79 Å². The second-order valence-corrected chi connectivity index (χ2v) is 5.39. The van der Waals surface area contributed by atoms with Gasteiger partial charge in [-0.2, -0.15) is 5.10 Å². The van der Waals surface area contributed by atoms with E-state index in [1.165, 1.54) is 18.3 Å². The molecule has 0 heterocycles. The summed E-state index contributed by atoms with van der Waals surface area (Å²) < 4.78 is 18.4. The highest BCUT2D eigenvalue weighted by Gasteiger charge is 2.15. The van der Waals surface area contributed by atoms with Gasteiger partial charge in [0.2, 0.25) is 0 Å². The van der Waals surface area contributed by atoms with Crippen molar-refractivity contribution < 1.29 is 13.9 Å². The number of hydrogen-bond donors (Lipinski definition) is 1. The lowest BCUT2D eigenvalue weighted by Gasteiger charge is -2.14. The predicted octanol–water partition coefficient (Wildman–Crippen LogP) is 3.71. The lowest BCUT2D eigenvalue weighted by atomic mass is 10.2. The average molecular weight is 335 g/mol. The van der Waals surface area contributed by atoms with Crippen molar-refractivity contribution in [3.8, 4) is 5.75 Å². The number of rotatable bonds is 5. The fourth-order valence-corrected chi connectivity index (χ4v) is 2.03. The second-order valence-electron chi connectivity index (χ2n) is 4.96. The molecule has 23 heavy (non-hydrogen) atoms. The first-order chi connectivity index (χ1) is 11.0. The molecule has 0 aliphatic carbocycles. The molecule has 2 aromatic rings. The van der Waals surface area contributed by atoms with Crippen LogP contribution in [0.15, 0.2) is 47.6 Å². The van der Waals surface area contributed by atoms with Gasteiger partial charge in [-0.15, -0.1) is 0 Å². The number of hydrogen-bond acceptors (Lipinski definition) is 3. The van der Waals surface area contributed by atoms with Crippen LogP contribution in [0.4, 0.5) is 4.39 Å². The fourth-order valence-electron chi connectivity index (χ4n) is 1.80. The minimum Gasteiger partial charge on any atom is -0.481 e. The molecule has 2 rings (SSSR count). The Balaban J connectivity index is 1.90. The SMILES string of the molecule is Cc1cc(Cl)ccc1O[C@H](C)C(=O)NN=Cc1ccc(F)cc1. The van der Waals surface area contributed by atoms with Crippen molar-refractivity contribution in [3.05, 3.63) is 64.4 Å². The van der Waals surface area contributed by atoms with E-state index in [9.17, 15) is 9.18 Å². The summed E-state index contributed by atoms with van der Waals surface area (Å²) in [6.45, 7) is 3.47. The van der Waals surface area contributed by atoms with Gasteiger partial charge in [0.25, 0.3) is 5.91 Å². The summed E-state index contributed by atoms with van der Waals surface area (Å²) in [6.07, 6.45) is 0.706. The molecule has 0 saturated carbocycles. The van der Waals surface area contributed by atoms with Crippen LogP contribution in [0.5, 0.6) is 5.75 Å². The third-order valence-electron chi connectivity index (χ3n) is 3.07. The first-order valence-corrected chi connectivity index (χ1v) is 7.35. The predicted molar refractivity (Wildman–Crippen MR) is 88.4 cm³/mol. The van der Waals surface area contributed by atoms with Crippen molar-refractivity contribution in [1.82, 2.24) is 5.43 Å².